The van der Waals surface area contributed by atoms with Crippen LogP contribution in [-0.2, 0) is 6.18 Å². The van der Waals surface area contributed by atoms with Gasteiger partial charge in [-0.1, -0.05) is 5.16 Å². The summed E-state index contributed by atoms with van der Waals surface area (Å²) in [7, 11) is 0. The summed E-state index contributed by atoms with van der Waals surface area (Å²) < 4.78 is 41.3. The van der Waals surface area contributed by atoms with Crippen molar-refractivity contribution in [1.29, 1.82) is 0 Å². The van der Waals surface area contributed by atoms with E-state index in [0.717, 1.165) is 18.7 Å². The van der Waals surface area contributed by atoms with E-state index in [1.807, 2.05) is 0 Å². The predicted octanol–water partition coefficient (Wildman–Crippen LogP) is 2.15. The van der Waals surface area contributed by atoms with Crippen LogP contribution in [0.1, 0.15) is 5.69 Å². The minimum atomic E-state index is -4.47. The van der Waals surface area contributed by atoms with Crippen LogP contribution in [-0.4, -0.2) is 15.1 Å². The second kappa shape index (κ2) is 3.34. The fourth-order valence-corrected chi connectivity index (χ4v) is 1.02. The highest BCUT2D eigenvalue weighted by atomic mass is 19.4. The molecule has 78 valence electrons. The van der Waals surface area contributed by atoms with Crippen LogP contribution in [0.5, 0.6) is 0 Å². The molecule has 0 fully saturated rings. The van der Waals surface area contributed by atoms with Crippen LogP contribution in [0.25, 0.3) is 11.4 Å². The summed E-state index contributed by atoms with van der Waals surface area (Å²) in [6.07, 6.45) is -2.38. The number of aromatic nitrogens is 3. The number of pyridine rings is 1. The van der Waals surface area contributed by atoms with Gasteiger partial charge in [0, 0.05) is 11.8 Å². The van der Waals surface area contributed by atoms with Gasteiger partial charge in [-0.3, -0.25) is 4.98 Å². The lowest BCUT2D eigenvalue weighted by Gasteiger charge is -2.05. The Balaban J connectivity index is 2.44. The van der Waals surface area contributed by atoms with Gasteiger partial charge in [0.15, 0.2) is 0 Å². The van der Waals surface area contributed by atoms with Gasteiger partial charge >= 0.3 is 6.18 Å². The zero-order chi connectivity index (χ0) is 10.9. The largest absolute Gasteiger partial charge is 0.433 e. The molecule has 0 aliphatic rings. The van der Waals surface area contributed by atoms with E-state index in [1.165, 1.54) is 6.07 Å². The summed E-state index contributed by atoms with van der Waals surface area (Å²) in [5.41, 5.74) is -0.768. The van der Waals surface area contributed by atoms with Crippen molar-refractivity contribution in [1.82, 2.24) is 15.1 Å². The van der Waals surface area contributed by atoms with Crippen LogP contribution >= 0.6 is 0 Å². The van der Waals surface area contributed by atoms with Crippen LogP contribution in [0.3, 0.4) is 0 Å². The van der Waals surface area contributed by atoms with E-state index in [2.05, 4.69) is 19.6 Å². The minimum absolute atomic E-state index is 0.0999. The molecule has 7 heteroatoms. The van der Waals surface area contributed by atoms with Crippen molar-refractivity contribution < 1.29 is 17.7 Å². The Bertz CT molecular complexity index is 452. The Morgan fingerprint density at radius 1 is 1.20 bits per heavy atom. The normalized spacial score (nSPS) is 11.7. The van der Waals surface area contributed by atoms with Crippen molar-refractivity contribution >= 4 is 0 Å². The molecule has 2 heterocycles. The van der Waals surface area contributed by atoms with E-state index in [0.29, 0.717) is 0 Å². The number of alkyl halides is 3. The van der Waals surface area contributed by atoms with Gasteiger partial charge < -0.3 is 4.52 Å². The first kappa shape index (κ1) is 9.63. The predicted molar refractivity (Wildman–Crippen MR) is 42.5 cm³/mol. The molecule has 0 radical (unpaired) electrons. The minimum Gasteiger partial charge on any atom is -0.342 e. The Hall–Kier alpha value is -1.92. The third-order valence-electron chi connectivity index (χ3n) is 1.67. The van der Waals surface area contributed by atoms with Crippen molar-refractivity contribution in [2.24, 2.45) is 0 Å². The Labute approximate surface area is 81.8 Å². The van der Waals surface area contributed by atoms with E-state index >= 15 is 0 Å². The van der Waals surface area contributed by atoms with Gasteiger partial charge in [0.25, 0.3) is 0 Å². The van der Waals surface area contributed by atoms with E-state index in [-0.39, 0.29) is 11.4 Å². The standard InChI is InChI=1S/C8H4F3N3O/c9-8(10,11)6-3-5(1-2-12-6)7-13-4-15-14-7/h1-4H. The van der Waals surface area contributed by atoms with Crippen LogP contribution in [0.4, 0.5) is 13.2 Å². The zero-order valence-corrected chi connectivity index (χ0v) is 7.19. The second-order valence-electron chi connectivity index (χ2n) is 2.68. The fraction of sp³-hybridized carbons (Fsp3) is 0.125. The molecule has 0 saturated carbocycles. The highest BCUT2D eigenvalue weighted by Gasteiger charge is 2.32. The molecule has 0 atom stereocenters. The van der Waals surface area contributed by atoms with Gasteiger partial charge in [-0.15, -0.1) is 0 Å². The lowest BCUT2D eigenvalue weighted by Crippen LogP contribution is -2.07. The first-order valence-electron chi connectivity index (χ1n) is 3.87. The maximum Gasteiger partial charge on any atom is 0.433 e. The highest BCUT2D eigenvalue weighted by Crippen LogP contribution is 2.29. The number of nitrogens with zero attached hydrogens (tertiary/aromatic N) is 3. The molecule has 0 bridgehead atoms. The number of halogens is 3. The molecular weight excluding hydrogens is 211 g/mol. The molecule has 0 aliphatic carbocycles. The second-order valence-corrected chi connectivity index (χ2v) is 2.68. The Morgan fingerprint density at radius 3 is 2.60 bits per heavy atom. The molecule has 0 N–H and O–H groups in total. The first-order chi connectivity index (χ1) is 7.07. The van der Waals surface area contributed by atoms with E-state index < -0.39 is 11.9 Å². The van der Waals surface area contributed by atoms with Crippen molar-refractivity contribution in [3.05, 3.63) is 30.4 Å². The lowest BCUT2D eigenvalue weighted by atomic mass is 10.2. The Kier molecular flexibility index (Phi) is 2.14. The Morgan fingerprint density at radius 2 is 2.00 bits per heavy atom. The summed E-state index contributed by atoms with van der Waals surface area (Å²) in [4.78, 5) is 6.85. The lowest BCUT2D eigenvalue weighted by molar-refractivity contribution is -0.141. The van der Waals surface area contributed by atoms with Gasteiger partial charge in [-0.25, -0.2) is 0 Å². The maximum absolute atomic E-state index is 12.3. The quantitative estimate of drug-likeness (QED) is 0.731. The third kappa shape index (κ3) is 1.95. The molecule has 0 amide bonds. The molecule has 0 saturated heterocycles. The van der Waals surface area contributed by atoms with Gasteiger partial charge in [-0.05, 0) is 12.1 Å². The highest BCUT2D eigenvalue weighted by molar-refractivity contribution is 5.53. The molecule has 0 aliphatic heterocycles. The number of hydrogen-bond acceptors (Lipinski definition) is 4. The number of rotatable bonds is 1. The zero-order valence-electron chi connectivity index (χ0n) is 7.19. The van der Waals surface area contributed by atoms with Crippen LogP contribution in [0, 0.1) is 0 Å². The molecule has 2 aromatic heterocycles. The van der Waals surface area contributed by atoms with Crippen molar-refractivity contribution in [3.63, 3.8) is 0 Å². The maximum atomic E-state index is 12.3. The van der Waals surface area contributed by atoms with Gasteiger partial charge in [0.05, 0.1) is 0 Å². The van der Waals surface area contributed by atoms with E-state index in [4.69, 9.17) is 0 Å². The number of hydrogen-bond donors (Lipinski definition) is 0. The van der Waals surface area contributed by atoms with Gasteiger partial charge in [0.2, 0.25) is 12.2 Å². The summed E-state index contributed by atoms with van der Waals surface area (Å²) in [6.45, 7) is 0. The molecule has 4 nitrogen and oxygen atoms in total. The third-order valence-corrected chi connectivity index (χ3v) is 1.67. The first-order valence-corrected chi connectivity index (χ1v) is 3.87. The molecular formula is C8H4F3N3O. The van der Waals surface area contributed by atoms with Crippen LogP contribution < -0.4 is 0 Å². The average Bonchev–Trinajstić information content (AvgIpc) is 2.69. The molecule has 2 aromatic rings. The smallest absolute Gasteiger partial charge is 0.342 e. The summed E-state index contributed by atoms with van der Waals surface area (Å²) in [6, 6.07) is 2.24. The van der Waals surface area contributed by atoms with Crippen molar-refractivity contribution in [2.45, 2.75) is 6.18 Å². The monoisotopic (exact) mass is 215 g/mol. The van der Waals surface area contributed by atoms with Crippen molar-refractivity contribution in [3.8, 4) is 11.4 Å². The molecule has 0 unspecified atom stereocenters. The molecule has 0 spiro atoms. The van der Waals surface area contributed by atoms with E-state index in [9.17, 15) is 13.2 Å². The average molecular weight is 215 g/mol. The molecule has 0 aromatic carbocycles. The van der Waals surface area contributed by atoms with Gasteiger partial charge in [0.1, 0.15) is 5.69 Å². The van der Waals surface area contributed by atoms with Crippen molar-refractivity contribution in [2.75, 3.05) is 0 Å². The van der Waals surface area contributed by atoms with Crippen LogP contribution in [0.2, 0.25) is 0 Å². The van der Waals surface area contributed by atoms with E-state index in [1.54, 1.807) is 0 Å². The fourth-order valence-electron chi connectivity index (χ4n) is 1.02. The summed E-state index contributed by atoms with van der Waals surface area (Å²) in [5, 5.41) is 3.43. The van der Waals surface area contributed by atoms with Gasteiger partial charge in [-0.2, -0.15) is 18.2 Å². The molecule has 2 rings (SSSR count). The summed E-state index contributed by atoms with van der Waals surface area (Å²) in [5.74, 6) is 0.0999. The summed E-state index contributed by atoms with van der Waals surface area (Å²) >= 11 is 0. The SMILES string of the molecule is FC(F)(F)c1cc(-c2ncon2)ccn1. The van der Waals surface area contributed by atoms with Crippen LogP contribution in [0.15, 0.2) is 29.2 Å². The molecule has 15 heavy (non-hydrogen) atoms. The topological polar surface area (TPSA) is 51.8 Å².